The molecule has 2 heterocycles. The van der Waals surface area contributed by atoms with Gasteiger partial charge >= 0.3 is 0 Å². The first-order valence-corrected chi connectivity index (χ1v) is 21.1. The van der Waals surface area contributed by atoms with Crippen molar-refractivity contribution in [2.45, 2.75) is 12.3 Å². The topological polar surface area (TPSA) is 21.3 Å². The molecule has 0 fully saturated rings. The minimum absolute atomic E-state index is 0.334. The molecule has 0 radical (unpaired) electrons. The predicted molar refractivity (Wildman–Crippen MR) is 257 cm³/mol. The summed E-state index contributed by atoms with van der Waals surface area (Å²) in [6.07, 6.45) is 9.89. The lowest BCUT2D eigenvalue weighted by Crippen LogP contribution is -2.11. The standard InChI is InChI=1S/C58H40N2O/c1-4-15-39(16-5-1)41-27-30-46(31-28-41)59(47-23-14-20-42(35-47)40-17-6-2-7-18-40)48-32-34-52-54(38-48)60(45-21-8-3-9-22-45)58-49-24-11-10-19-43(49)36-53(57(52)58)44-29-33-51-50-25-12-13-26-55(50)61-56(51)37-44/h1-17,19-38,40H,18H2. The van der Waals surface area contributed by atoms with Gasteiger partial charge in [0.2, 0.25) is 0 Å². The van der Waals surface area contributed by atoms with Crippen molar-refractivity contribution in [1.82, 2.24) is 4.57 Å². The zero-order valence-electron chi connectivity index (χ0n) is 33.4. The van der Waals surface area contributed by atoms with Crippen molar-refractivity contribution in [1.29, 1.82) is 0 Å². The van der Waals surface area contributed by atoms with E-state index in [1.54, 1.807) is 0 Å². The highest BCUT2D eigenvalue weighted by atomic mass is 16.3. The van der Waals surface area contributed by atoms with Gasteiger partial charge in [0.25, 0.3) is 0 Å². The summed E-state index contributed by atoms with van der Waals surface area (Å²) < 4.78 is 8.94. The third kappa shape index (κ3) is 5.97. The van der Waals surface area contributed by atoms with Crippen molar-refractivity contribution in [2.24, 2.45) is 0 Å². The fraction of sp³-hybridized carbons (Fsp3) is 0.0345. The molecule has 288 valence electrons. The number of hydrogen-bond donors (Lipinski definition) is 0. The van der Waals surface area contributed by atoms with Crippen LogP contribution in [-0.4, -0.2) is 4.57 Å². The summed E-state index contributed by atoms with van der Waals surface area (Å²) in [7, 11) is 0. The summed E-state index contributed by atoms with van der Waals surface area (Å²) in [4.78, 5) is 2.42. The Morgan fingerprint density at radius 2 is 1.16 bits per heavy atom. The van der Waals surface area contributed by atoms with Gasteiger partial charge in [0.15, 0.2) is 0 Å². The van der Waals surface area contributed by atoms with Crippen LogP contribution >= 0.6 is 0 Å². The van der Waals surface area contributed by atoms with Crippen molar-refractivity contribution in [3.8, 4) is 27.9 Å². The Morgan fingerprint density at radius 1 is 0.475 bits per heavy atom. The van der Waals surface area contributed by atoms with Gasteiger partial charge < -0.3 is 13.9 Å². The number of rotatable bonds is 7. The normalized spacial score (nSPS) is 13.9. The molecule has 9 aromatic carbocycles. The lowest BCUT2D eigenvalue weighted by molar-refractivity contribution is 0.669. The molecule has 0 aliphatic heterocycles. The van der Waals surface area contributed by atoms with Crippen LogP contribution in [0, 0.1) is 0 Å². The van der Waals surface area contributed by atoms with Crippen LogP contribution in [-0.2, 0) is 0 Å². The van der Waals surface area contributed by atoms with E-state index in [0.717, 1.165) is 62.2 Å². The summed E-state index contributed by atoms with van der Waals surface area (Å²) in [5.41, 5.74) is 14.6. The highest BCUT2D eigenvalue weighted by Gasteiger charge is 2.23. The maximum atomic E-state index is 6.46. The first kappa shape index (κ1) is 35.1. The van der Waals surface area contributed by atoms with Crippen LogP contribution in [0.2, 0.25) is 0 Å². The Balaban J connectivity index is 1.12. The summed E-state index contributed by atoms with van der Waals surface area (Å²) in [6.45, 7) is 0. The second-order valence-corrected chi connectivity index (χ2v) is 16.0. The lowest BCUT2D eigenvalue weighted by atomic mass is 9.92. The van der Waals surface area contributed by atoms with E-state index in [1.807, 2.05) is 6.07 Å². The van der Waals surface area contributed by atoms with E-state index in [4.69, 9.17) is 4.42 Å². The van der Waals surface area contributed by atoms with Crippen LogP contribution in [0.1, 0.15) is 17.9 Å². The van der Waals surface area contributed by atoms with Crippen molar-refractivity contribution in [3.63, 3.8) is 0 Å². The van der Waals surface area contributed by atoms with Gasteiger partial charge in [-0.05, 0) is 112 Å². The first-order chi connectivity index (χ1) is 30.2. The molecule has 0 bridgehead atoms. The highest BCUT2D eigenvalue weighted by Crippen LogP contribution is 2.46. The van der Waals surface area contributed by atoms with Crippen LogP contribution in [0.5, 0.6) is 0 Å². The molecule has 0 saturated heterocycles. The van der Waals surface area contributed by atoms with E-state index in [9.17, 15) is 0 Å². The van der Waals surface area contributed by atoms with E-state index in [1.165, 1.54) is 49.3 Å². The second kappa shape index (κ2) is 14.4. The minimum Gasteiger partial charge on any atom is -0.456 e. The average molecular weight is 781 g/mol. The quantitative estimate of drug-likeness (QED) is 0.161. The molecule has 3 heteroatoms. The van der Waals surface area contributed by atoms with Crippen LogP contribution in [0.3, 0.4) is 0 Å². The smallest absolute Gasteiger partial charge is 0.136 e. The zero-order chi connectivity index (χ0) is 40.3. The molecule has 0 saturated carbocycles. The molecule has 1 aliphatic rings. The van der Waals surface area contributed by atoms with Crippen molar-refractivity contribution < 1.29 is 4.42 Å². The second-order valence-electron chi connectivity index (χ2n) is 16.0. The largest absolute Gasteiger partial charge is 0.456 e. The average Bonchev–Trinajstić information content (AvgIpc) is 3.88. The number of anilines is 3. The van der Waals surface area contributed by atoms with Gasteiger partial charge in [-0.1, -0.05) is 152 Å². The molecule has 1 atom stereocenters. The Kier molecular flexibility index (Phi) is 8.31. The van der Waals surface area contributed by atoms with Gasteiger partial charge in [-0.2, -0.15) is 0 Å². The highest BCUT2D eigenvalue weighted by molar-refractivity contribution is 6.25. The summed E-state index contributed by atoms with van der Waals surface area (Å²) in [6, 6.07) is 72.8. The number of nitrogens with zero attached hydrogens (tertiary/aromatic N) is 2. The third-order valence-electron chi connectivity index (χ3n) is 12.5. The van der Waals surface area contributed by atoms with Crippen molar-refractivity contribution in [3.05, 3.63) is 230 Å². The van der Waals surface area contributed by atoms with E-state index in [2.05, 4.69) is 228 Å². The maximum absolute atomic E-state index is 6.46. The molecular formula is C58H40N2O. The SMILES string of the molecule is C1=CCC(c2cccc(N(c3ccc(-c4ccccc4)cc3)c3ccc4c5c(-c6ccc7c(c6)oc6ccccc67)cc6ccccc6c5n(-c5ccccc5)c4c3)c2)C=C1. The predicted octanol–water partition coefficient (Wildman–Crippen LogP) is 16.2. The molecular weight excluding hydrogens is 741 g/mol. The molecule has 61 heavy (non-hydrogen) atoms. The monoisotopic (exact) mass is 780 g/mol. The summed E-state index contributed by atoms with van der Waals surface area (Å²) in [5.74, 6) is 0.334. The maximum Gasteiger partial charge on any atom is 0.136 e. The molecule has 3 nitrogen and oxygen atoms in total. The molecule has 0 N–H and O–H groups in total. The van der Waals surface area contributed by atoms with Gasteiger partial charge in [-0.15, -0.1) is 0 Å². The third-order valence-corrected chi connectivity index (χ3v) is 12.5. The van der Waals surface area contributed by atoms with E-state index < -0.39 is 0 Å². The number of aromatic nitrogens is 1. The molecule has 2 aromatic heterocycles. The Morgan fingerprint density at radius 3 is 2.00 bits per heavy atom. The van der Waals surface area contributed by atoms with Gasteiger partial charge in [0, 0.05) is 55.6 Å². The molecule has 0 amide bonds. The lowest BCUT2D eigenvalue weighted by Gasteiger charge is -2.27. The molecule has 11 aromatic rings. The zero-order valence-corrected chi connectivity index (χ0v) is 33.4. The molecule has 1 unspecified atom stereocenters. The fourth-order valence-corrected chi connectivity index (χ4v) is 9.58. The van der Waals surface area contributed by atoms with Crippen LogP contribution in [0.25, 0.3) is 82.5 Å². The number of allylic oxidation sites excluding steroid dienone is 4. The number of benzene rings is 9. The number of para-hydroxylation sites is 2. The number of furan rings is 1. The van der Waals surface area contributed by atoms with Crippen LogP contribution in [0.15, 0.2) is 229 Å². The Hall–Kier alpha value is -7.88. The van der Waals surface area contributed by atoms with Crippen LogP contribution < -0.4 is 4.90 Å². The van der Waals surface area contributed by atoms with E-state index >= 15 is 0 Å². The summed E-state index contributed by atoms with van der Waals surface area (Å²) in [5, 5.41) is 7.09. The molecule has 0 spiro atoms. The van der Waals surface area contributed by atoms with Gasteiger partial charge in [-0.25, -0.2) is 0 Å². The Bertz CT molecular complexity index is 3500. The van der Waals surface area contributed by atoms with E-state index in [0.29, 0.717) is 5.92 Å². The summed E-state index contributed by atoms with van der Waals surface area (Å²) >= 11 is 0. The van der Waals surface area contributed by atoms with Crippen molar-refractivity contribution >= 4 is 71.6 Å². The van der Waals surface area contributed by atoms with Gasteiger partial charge in [0.05, 0.1) is 11.0 Å². The van der Waals surface area contributed by atoms with E-state index in [-0.39, 0.29) is 0 Å². The Labute approximate surface area is 354 Å². The molecule has 12 rings (SSSR count). The number of fused-ring (bicyclic) bond motifs is 8. The number of hydrogen-bond acceptors (Lipinski definition) is 2. The fourth-order valence-electron chi connectivity index (χ4n) is 9.58. The molecule has 1 aliphatic carbocycles. The minimum atomic E-state index is 0.334. The van der Waals surface area contributed by atoms with Gasteiger partial charge in [0.1, 0.15) is 11.2 Å². The van der Waals surface area contributed by atoms with Crippen molar-refractivity contribution in [2.75, 3.05) is 4.90 Å². The van der Waals surface area contributed by atoms with Gasteiger partial charge in [-0.3, -0.25) is 0 Å². The van der Waals surface area contributed by atoms with Crippen LogP contribution in [0.4, 0.5) is 17.1 Å². The first-order valence-electron chi connectivity index (χ1n) is 21.1.